The third-order valence-corrected chi connectivity index (χ3v) is 14.1. The Morgan fingerprint density at radius 3 is 2.07 bits per heavy atom. The van der Waals surface area contributed by atoms with E-state index in [1.165, 1.54) is 18.2 Å². The van der Waals surface area contributed by atoms with Gasteiger partial charge in [-0.2, -0.15) is 29.8 Å². The number of carboxylic acids is 1. The van der Waals surface area contributed by atoms with Crippen molar-refractivity contribution < 1.29 is 72.0 Å². The summed E-state index contributed by atoms with van der Waals surface area (Å²) in [5.74, 6) is -1.42. The normalized spacial score (nSPS) is 20.0. The maximum atomic E-state index is 12.9. The Hall–Kier alpha value is -3.57. The summed E-state index contributed by atoms with van der Waals surface area (Å²) in [7, 11) is -8.77. The van der Waals surface area contributed by atoms with E-state index < -0.39 is 52.9 Å². The van der Waals surface area contributed by atoms with Crippen LogP contribution in [-0.4, -0.2) is 136 Å². The van der Waals surface area contributed by atoms with Crippen molar-refractivity contribution in [2.45, 2.75) is 79.4 Å². The Bertz CT molecular complexity index is 2290. The van der Waals surface area contributed by atoms with Gasteiger partial charge in [-0.3, -0.25) is 18.1 Å². The highest BCUT2D eigenvalue weighted by Gasteiger charge is 2.48. The molecule has 0 amide bonds. The van der Waals surface area contributed by atoms with Gasteiger partial charge in [-0.1, -0.05) is 12.5 Å². The smallest absolute Gasteiger partial charge is 0.303 e. The molecule has 2 unspecified atom stereocenters. The van der Waals surface area contributed by atoms with Crippen molar-refractivity contribution in [2.75, 3.05) is 84.7 Å². The summed E-state index contributed by atoms with van der Waals surface area (Å²) in [6.07, 6.45) is 8.01. The SMILES string of the molecule is COCCOCCOCC[N+]1=C(C=CC=C2N(CCCCCC(=O)O)c3ccc(S(=O)(=O)OC)cc3C2(C)CCOC)C(C)(CCCS(=O)(=O)O)c2cc(S(=O)(=O)O)ccc21. The zero-order chi connectivity index (χ0) is 45.1. The molecule has 61 heavy (non-hydrogen) atoms. The zero-order valence-corrected chi connectivity index (χ0v) is 37.8. The molecule has 0 aliphatic carbocycles. The number of methoxy groups -OCH3 is 2. The number of aliphatic carboxylic acids is 1. The van der Waals surface area contributed by atoms with Crippen LogP contribution in [-0.2, 0) is 69.1 Å². The van der Waals surface area contributed by atoms with Crippen molar-refractivity contribution in [1.82, 2.24) is 0 Å². The molecule has 2 aromatic carbocycles. The molecule has 2 aromatic rings. The van der Waals surface area contributed by atoms with Crippen LogP contribution in [0.4, 0.5) is 11.4 Å². The number of carboxylic acid groups (broad SMARTS) is 1. The molecule has 2 aliphatic heterocycles. The van der Waals surface area contributed by atoms with Crippen LogP contribution in [0.1, 0.15) is 69.9 Å². The third kappa shape index (κ3) is 12.8. The molecule has 4 rings (SSSR count). The lowest BCUT2D eigenvalue weighted by Crippen LogP contribution is -2.33. The minimum atomic E-state index is -4.63. The first kappa shape index (κ1) is 50.1. The standard InChI is InChI=1S/C41H58N2O15S3/c1-40(18-10-28-59(46,47)48)33-29-31(60(49,50)51)14-16-36(33)43(21-23-57-26-27-58-25-24-55-4)37(40)11-9-12-38-41(2,19-22-54-3)34-30-32(61(52,53)56-5)15-17-35(34)42(38)20-8-6-7-13-39(44)45/h9,11-12,14-17,29-30H,6-8,10,13,18-28H2,1-5H3,(H2-,44,45,46,47,48,49,50,51)/p+1. The Morgan fingerprint density at radius 2 is 1.43 bits per heavy atom. The molecule has 2 aliphatic rings. The number of unbranched alkanes of at least 4 members (excludes halogenated alkanes) is 2. The van der Waals surface area contributed by atoms with Gasteiger partial charge < -0.3 is 29.0 Å². The van der Waals surface area contributed by atoms with Gasteiger partial charge in [0.15, 0.2) is 12.3 Å². The number of fused-ring (bicyclic) bond motifs is 2. The molecule has 0 spiro atoms. The molecule has 340 valence electrons. The summed E-state index contributed by atoms with van der Waals surface area (Å²) in [5, 5.41) is 9.20. The first-order chi connectivity index (χ1) is 28.7. The fraction of sp³-hybridized carbons (Fsp3) is 0.561. The first-order valence-corrected chi connectivity index (χ1v) is 24.4. The topological polar surface area (TPSA) is 233 Å². The van der Waals surface area contributed by atoms with Crippen molar-refractivity contribution in [3.8, 4) is 0 Å². The van der Waals surface area contributed by atoms with E-state index in [4.69, 9.17) is 23.1 Å². The number of hydrogen-bond donors (Lipinski definition) is 3. The van der Waals surface area contributed by atoms with Crippen LogP contribution in [0, 0.1) is 0 Å². The van der Waals surface area contributed by atoms with Gasteiger partial charge in [0, 0.05) is 68.3 Å². The average molecular weight is 916 g/mol. The van der Waals surface area contributed by atoms with Crippen molar-refractivity contribution in [1.29, 1.82) is 0 Å². The molecule has 2 heterocycles. The minimum Gasteiger partial charge on any atom is -0.481 e. The first-order valence-electron chi connectivity index (χ1n) is 19.9. The quantitative estimate of drug-likeness (QED) is 0.0470. The number of hydrogen-bond acceptors (Lipinski definition) is 13. The van der Waals surface area contributed by atoms with Crippen LogP contribution in [0.15, 0.2) is 70.1 Å². The predicted octanol–water partition coefficient (Wildman–Crippen LogP) is 4.87. The van der Waals surface area contributed by atoms with E-state index in [-0.39, 0.29) is 48.8 Å². The van der Waals surface area contributed by atoms with Crippen LogP contribution < -0.4 is 4.90 Å². The summed E-state index contributed by atoms with van der Waals surface area (Å²) >= 11 is 0. The number of nitrogens with zero attached hydrogens (tertiary/aromatic N) is 2. The second-order valence-electron chi connectivity index (χ2n) is 15.3. The molecule has 17 nitrogen and oxygen atoms in total. The molecule has 0 radical (unpaired) electrons. The van der Waals surface area contributed by atoms with E-state index in [9.17, 15) is 44.3 Å². The monoisotopic (exact) mass is 915 g/mol. The van der Waals surface area contributed by atoms with Crippen molar-refractivity contribution in [2.24, 2.45) is 0 Å². The maximum absolute atomic E-state index is 12.9. The Balaban J connectivity index is 1.87. The Morgan fingerprint density at radius 1 is 0.770 bits per heavy atom. The Kier molecular flexibility index (Phi) is 17.8. The van der Waals surface area contributed by atoms with Crippen molar-refractivity contribution in [3.05, 3.63) is 71.5 Å². The zero-order valence-electron chi connectivity index (χ0n) is 35.4. The van der Waals surface area contributed by atoms with Gasteiger partial charge in [0.05, 0.1) is 54.5 Å². The molecule has 0 saturated carbocycles. The highest BCUT2D eigenvalue weighted by molar-refractivity contribution is 7.86. The van der Waals surface area contributed by atoms with Crippen LogP contribution >= 0.6 is 0 Å². The fourth-order valence-electron chi connectivity index (χ4n) is 7.97. The van der Waals surface area contributed by atoms with Gasteiger partial charge >= 0.3 is 5.97 Å². The van der Waals surface area contributed by atoms with Crippen LogP contribution in [0.3, 0.4) is 0 Å². The molecular weight excluding hydrogens is 857 g/mol. The lowest BCUT2D eigenvalue weighted by atomic mass is 9.75. The second kappa shape index (κ2) is 21.7. The Labute approximate surface area is 359 Å². The summed E-state index contributed by atoms with van der Waals surface area (Å²) in [5.41, 5.74) is 2.26. The predicted molar refractivity (Wildman–Crippen MR) is 228 cm³/mol. The molecular formula is C41H59N2O15S3+. The number of anilines is 1. The van der Waals surface area contributed by atoms with E-state index in [2.05, 4.69) is 4.90 Å². The largest absolute Gasteiger partial charge is 0.481 e. The van der Waals surface area contributed by atoms with E-state index in [1.54, 1.807) is 32.4 Å². The van der Waals surface area contributed by atoms with Gasteiger partial charge in [0.2, 0.25) is 5.69 Å². The molecule has 20 heteroatoms. The van der Waals surface area contributed by atoms with Crippen LogP contribution in [0.2, 0.25) is 0 Å². The second-order valence-corrected chi connectivity index (χ2v) is 20.0. The van der Waals surface area contributed by atoms with Gasteiger partial charge in [-0.05, 0) is 87.9 Å². The van der Waals surface area contributed by atoms with Gasteiger partial charge in [-0.15, -0.1) is 0 Å². The summed E-state index contributed by atoms with van der Waals surface area (Å²) in [6, 6.07) is 9.09. The third-order valence-electron chi connectivity index (χ3n) is 11.2. The summed E-state index contributed by atoms with van der Waals surface area (Å²) in [6.45, 7) is 6.61. The van der Waals surface area contributed by atoms with Gasteiger partial charge in [0.1, 0.15) is 6.61 Å². The van der Waals surface area contributed by atoms with Crippen molar-refractivity contribution in [3.63, 3.8) is 0 Å². The molecule has 2 atom stereocenters. The molecule has 0 fully saturated rings. The highest BCUT2D eigenvalue weighted by Crippen LogP contribution is 2.51. The maximum Gasteiger partial charge on any atom is 0.303 e. The molecule has 0 saturated heterocycles. The summed E-state index contributed by atoms with van der Waals surface area (Å²) < 4.78 is 123. The fourth-order valence-corrected chi connectivity index (χ4v) is 9.68. The highest BCUT2D eigenvalue weighted by atomic mass is 32.2. The minimum absolute atomic E-state index is 0.0131. The van der Waals surface area contributed by atoms with Crippen LogP contribution in [0.25, 0.3) is 0 Å². The molecule has 3 N–H and O–H groups in total. The molecule has 0 bridgehead atoms. The number of benzene rings is 2. The van der Waals surface area contributed by atoms with Crippen molar-refractivity contribution >= 4 is 53.4 Å². The van der Waals surface area contributed by atoms with E-state index in [0.717, 1.165) is 24.1 Å². The number of ether oxygens (including phenoxy) is 4. The number of carbonyl (C=O) groups is 1. The van der Waals surface area contributed by atoms with Gasteiger partial charge in [-0.25, -0.2) is 0 Å². The lowest BCUT2D eigenvalue weighted by molar-refractivity contribution is -0.442. The van der Waals surface area contributed by atoms with Crippen LogP contribution in [0.5, 0.6) is 0 Å². The van der Waals surface area contributed by atoms with E-state index >= 15 is 0 Å². The average Bonchev–Trinajstić information content (AvgIpc) is 3.56. The molecule has 0 aromatic heterocycles. The number of rotatable bonds is 27. The lowest BCUT2D eigenvalue weighted by Gasteiger charge is -2.30. The van der Waals surface area contributed by atoms with E-state index in [0.29, 0.717) is 75.6 Å². The van der Waals surface area contributed by atoms with E-state index in [1.807, 2.05) is 36.7 Å². The number of allylic oxidation sites excluding steroid dienone is 4. The summed E-state index contributed by atoms with van der Waals surface area (Å²) in [4.78, 5) is 13.0. The van der Waals surface area contributed by atoms with Gasteiger partial charge in [0.25, 0.3) is 30.4 Å².